The molecule has 4 heteroatoms. The second kappa shape index (κ2) is 8.96. The van der Waals surface area contributed by atoms with Crippen LogP contribution in [0.4, 0.5) is 16.2 Å². The van der Waals surface area contributed by atoms with E-state index in [9.17, 15) is 4.79 Å². The summed E-state index contributed by atoms with van der Waals surface area (Å²) < 4.78 is 0. The third-order valence-electron chi connectivity index (χ3n) is 3.92. The van der Waals surface area contributed by atoms with E-state index in [4.69, 9.17) is 0 Å². The fourth-order valence-electron chi connectivity index (χ4n) is 2.77. The van der Waals surface area contributed by atoms with Crippen molar-refractivity contribution in [3.8, 4) is 0 Å². The van der Waals surface area contributed by atoms with Gasteiger partial charge in [-0.15, -0.1) is 0 Å². The number of anilines is 2. The Morgan fingerprint density at radius 1 is 1.17 bits per heavy atom. The van der Waals surface area contributed by atoms with E-state index in [1.807, 2.05) is 51.1 Å². The summed E-state index contributed by atoms with van der Waals surface area (Å²) in [6.07, 6.45) is 2.08. The molecule has 1 aliphatic heterocycles. The zero-order valence-electron chi connectivity index (χ0n) is 14.7. The summed E-state index contributed by atoms with van der Waals surface area (Å²) in [6, 6.07) is 16.2. The van der Waals surface area contributed by atoms with Crippen molar-refractivity contribution < 1.29 is 4.79 Å². The lowest BCUT2D eigenvalue weighted by atomic mass is 9.98. The Hall–Kier alpha value is -2.49. The Morgan fingerprint density at radius 2 is 1.96 bits per heavy atom. The fraction of sp³-hybridized carbons (Fsp3) is 0.350. The van der Waals surface area contributed by atoms with Crippen molar-refractivity contribution in [2.24, 2.45) is 0 Å². The van der Waals surface area contributed by atoms with Crippen molar-refractivity contribution in [3.63, 3.8) is 0 Å². The third-order valence-corrected chi connectivity index (χ3v) is 3.92. The highest BCUT2D eigenvalue weighted by atomic mass is 16.2. The molecule has 2 aromatic carbocycles. The van der Waals surface area contributed by atoms with Crippen LogP contribution in [0.25, 0.3) is 0 Å². The van der Waals surface area contributed by atoms with Crippen LogP contribution < -0.4 is 16.0 Å². The maximum atomic E-state index is 12.0. The number of fused-ring (bicyclic) bond motifs is 1. The lowest BCUT2D eigenvalue weighted by Crippen LogP contribution is -2.40. The van der Waals surface area contributed by atoms with Gasteiger partial charge in [0, 0.05) is 24.0 Å². The number of urea groups is 1. The Kier molecular flexibility index (Phi) is 6.67. The number of hydrogen-bond donors (Lipinski definition) is 3. The number of rotatable bonds is 3. The van der Waals surface area contributed by atoms with Gasteiger partial charge < -0.3 is 16.0 Å². The maximum absolute atomic E-state index is 12.0. The van der Waals surface area contributed by atoms with Gasteiger partial charge in [-0.2, -0.15) is 0 Å². The first kappa shape index (κ1) is 17.9. The molecule has 24 heavy (non-hydrogen) atoms. The molecule has 1 unspecified atom stereocenters. The summed E-state index contributed by atoms with van der Waals surface area (Å²) in [6.45, 7) is 6.62. The van der Waals surface area contributed by atoms with Crippen molar-refractivity contribution in [3.05, 3.63) is 59.7 Å². The van der Waals surface area contributed by atoms with E-state index in [2.05, 4.69) is 34.1 Å². The monoisotopic (exact) mass is 325 g/mol. The van der Waals surface area contributed by atoms with Crippen LogP contribution in [0, 0.1) is 6.92 Å². The molecular formula is C20H27N3O. The maximum Gasteiger partial charge on any atom is 0.319 e. The molecule has 0 radical (unpaired) electrons. The quantitative estimate of drug-likeness (QED) is 0.774. The third kappa shape index (κ3) is 5.01. The molecule has 2 amide bonds. The first-order chi connectivity index (χ1) is 11.7. The van der Waals surface area contributed by atoms with Gasteiger partial charge in [-0.1, -0.05) is 44.2 Å². The second-order valence-corrected chi connectivity index (χ2v) is 5.74. The number of carbonyl (C=O) groups is 1. The minimum Gasteiger partial charge on any atom is -0.380 e. The van der Waals surface area contributed by atoms with E-state index >= 15 is 0 Å². The topological polar surface area (TPSA) is 53.2 Å². The van der Waals surface area contributed by atoms with Crippen molar-refractivity contribution in [2.45, 2.75) is 39.7 Å². The second-order valence-electron chi connectivity index (χ2n) is 5.74. The Morgan fingerprint density at radius 3 is 2.75 bits per heavy atom. The Labute approximate surface area is 144 Å². The average Bonchev–Trinajstić information content (AvgIpc) is 2.61. The molecule has 0 aromatic heterocycles. The molecule has 0 saturated carbocycles. The summed E-state index contributed by atoms with van der Waals surface area (Å²) in [4.78, 5) is 12.0. The van der Waals surface area contributed by atoms with Crippen LogP contribution in [-0.2, 0) is 6.42 Å². The number of benzene rings is 2. The normalized spacial score (nSPS) is 15.2. The Bertz CT molecular complexity index is 669. The fourth-order valence-corrected chi connectivity index (χ4v) is 2.77. The van der Waals surface area contributed by atoms with Gasteiger partial charge >= 0.3 is 6.03 Å². The van der Waals surface area contributed by atoms with Gasteiger partial charge in [0.15, 0.2) is 0 Å². The van der Waals surface area contributed by atoms with Crippen LogP contribution in [0.2, 0.25) is 0 Å². The minimum absolute atomic E-state index is 0.161. The SMILES string of the molecule is CC.Cc1cccc(NC(=O)NCC2CCc3ccccc3N2)c1. The summed E-state index contributed by atoms with van der Waals surface area (Å²) in [7, 11) is 0. The number of aryl methyl sites for hydroxylation is 2. The van der Waals surface area contributed by atoms with Gasteiger partial charge in [0.05, 0.1) is 0 Å². The molecule has 4 nitrogen and oxygen atoms in total. The predicted octanol–water partition coefficient (Wildman–Crippen LogP) is 4.57. The lowest BCUT2D eigenvalue weighted by Gasteiger charge is -2.27. The highest BCUT2D eigenvalue weighted by Gasteiger charge is 2.17. The van der Waals surface area contributed by atoms with Gasteiger partial charge in [0.25, 0.3) is 0 Å². The van der Waals surface area contributed by atoms with Crippen LogP contribution in [-0.4, -0.2) is 18.6 Å². The first-order valence-electron chi connectivity index (χ1n) is 8.67. The zero-order valence-corrected chi connectivity index (χ0v) is 14.7. The molecule has 0 fully saturated rings. The van der Waals surface area contributed by atoms with Crippen LogP contribution in [0.1, 0.15) is 31.4 Å². The molecule has 1 heterocycles. The number of para-hydroxylation sites is 1. The molecule has 2 aromatic rings. The van der Waals surface area contributed by atoms with E-state index in [-0.39, 0.29) is 12.1 Å². The molecule has 0 spiro atoms. The molecule has 128 valence electrons. The van der Waals surface area contributed by atoms with Crippen LogP contribution in [0.15, 0.2) is 48.5 Å². The van der Waals surface area contributed by atoms with Crippen molar-refractivity contribution in [1.29, 1.82) is 0 Å². The first-order valence-corrected chi connectivity index (χ1v) is 8.67. The van der Waals surface area contributed by atoms with Gasteiger partial charge in [0.2, 0.25) is 0 Å². The lowest BCUT2D eigenvalue weighted by molar-refractivity contribution is 0.251. The molecule has 1 atom stereocenters. The zero-order chi connectivity index (χ0) is 17.4. The van der Waals surface area contributed by atoms with Gasteiger partial charge in [-0.25, -0.2) is 4.79 Å². The molecule has 0 bridgehead atoms. The summed E-state index contributed by atoms with van der Waals surface area (Å²) in [5, 5.41) is 9.29. The van der Waals surface area contributed by atoms with E-state index in [0.717, 1.165) is 24.1 Å². The molecule has 3 N–H and O–H groups in total. The smallest absolute Gasteiger partial charge is 0.319 e. The van der Waals surface area contributed by atoms with E-state index in [1.165, 1.54) is 11.3 Å². The van der Waals surface area contributed by atoms with Gasteiger partial charge in [-0.3, -0.25) is 0 Å². The molecule has 1 aliphatic rings. The van der Waals surface area contributed by atoms with Crippen LogP contribution >= 0.6 is 0 Å². The number of amides is 2. The van der Waals surface area contributed by atoms with Crippen molar-refractivity contribution >= 4 is 17.4 Å². The van der Waals surface area contributed by atoms with E-state index in [0.29, 0.717) is 6.54 Å². The summed E-state index contributed by atoms with van der Waals surface area (Å²) >= 11 is 0. The summed E-state index contributed by atoms with van der Waals surface area (Å²) in [5.41, 5.74) is 4.48. The highest BCUT2D eigenvalue weighted by Crippen LogP contribution is 2.23. The molecule has 0 saturated heterocycles. The largest absolute Gasteiger partial charge is 0.380 e. The highest BCUT2D eigenvalue weighted by molar-refractivity contribution is 5.89. The van der Waals surface area contributed by atoms with Crippen LogP contribution in [0.5, 0.6) is 0 Å². The standard InChI is InChI=1S/C18H21N3O.C2H6/c1-13-5-4-7-15(11-13)21-18(22)19-12-16-10-9-14-6-2-3-8-17(14)20-16;1-2/h2-8,11,16,20H,9-10,12H2,1H3,(H2,19,21,22);1-2H3. The number of carbonyl (C=O) groups excluding carboxylic acids is 1. The van der Waals surface area contributed by atoms with Crippen molar-refractivity contribution in [2.75, 3.05) is 17.2 Å². The average molecular weight is 325 g/mol. The van der Waals surface area contributed by atoms with Crippen LogP contribution in [0.3, 0.4) is 0 Å². The number of hydrogen-bond acceptors (Lipinski definition) is 2. The van der Waals surface area contributed by atoms with E-state index in [1.54, 1.807) is 0 Å². The predicted molar refractivity (Wildman–Crippen MR) is 102 cm³/mol. The summed E-state index contributed by atoms with van der Waals surface area (Å²) in [5.74, 6) is 0. The molecular weight excluding hydrogens is 298 g/mol. The molecule has 0 aliphatic carbocycles. The van der Waals surface area contributed by atoms with E-state index < -0.39 is 0 Å². The Balaban J connectivity index is 0.00000100. The number of nitrogens with one attached hydrogen (secondary N) is 3. The van der Waals surface area contributed by atoms with Gasteiger partial charge in [-0.05, 0) is 49.1 Å². The molecule has 3 rings (SSSR count). The van der Waals surface area contributed by atoms with Gasteiger partial charge in [0.1, 0.15) is 0 Å². The van der Waals surface area contributed by atoms with Crippen molar-refractivity contribution in [1.82, 2.24) is 5.32 Å². The minimum atomic E-state index is -0.161.